The second-order valence-corrected chi connectivity index (χ2v) is 7.02. The molecule has 23 heavy (non-hydrogen) atoms. The van der Waals surface area contributed by atoms with Crippen molar-refractivity contribution >= 4 is 22.3 Å². The highest BCUT2D eigenvalue weighted by Crippen LogP contribution is 2.34. The lowest BCUT2D eigenvalue weighted by atomic mass is 9.91. The number of rotatable bonds is 6. The predicted molar refractivity (Wildman–Crippen MR) is 90.8 cm³/mol. The number of thiazole rings is 1. The number of nitrogens with zero attached hydrogens (tertiary/aromatic N) is 3. The van der Waals surface area contributed by atoms with E-state index in [1.807, 2.05) is 27.1 Å². The highest BCUT2D eigenvalue weighted by Gasteiger charge is 2.42. The molecule has 2 aromatic rings. The molecule has 1 aliphatic heterocycles. The number of hydrogen-bond acceptors (Lipinski definition) is 4. The molecule has 0 aromatic carbocycles. The highest BCUT2D eigenvalue weighted by molar-refractivity contribution is 7.15. The standard InChI is InChI=1S/C16H24N4O2S/c1-3-5-16(12-22-2)6-4-7-20(16)14(21)17-10-13-11-19-8-9-23-15(19)18-13/h8-9,11H,3-7,10,12H2,1-2H3,(H,17,21). The minimum absolute atomic E-state index is 0.00986. The van der Waals surface area contributed by atoms with Crippen LogP contribution in [0, 0.1) is 0 Å². The first-order valence-corrected chi connectivity index (χ1v) is 9.02. The van der Waals surface area contributed by atoms with Gasteiger partial charge in [-0.05, 0) is 19.3 Å². The van der Waals surface area contributed by atoms with E-state index in [9.17, 15) is 4.79 Å². The number of likely N-dealkylation sites (tertiary alicyclic amines) is 1. The van der Waals surface area contributed by atoms with Crippen molar-refractivity contribution in [3.05, 3.63) is 23.5 Å². The molecular formula is C16H24N4O2S. The van der Waals surface area contributed by atoms with Crippen molar-refractivity contribution in [1.29, 1.82) is 0 Å². The average molecular weight is 336 g/mol. The Morgan fingerprint density at radius 1 is 1.57 bits per heavy atom. The van der Waals surface area contributed by atoms with Crippen molar-refractivity contribution in [3.63, 3.8) is 0 Å². The van der Waals surface area contributed by atoms with Gasteiger partial charge in [-0.3, -0.25) is 4.40 Å². The Morgan fingerprint density at radius 2 is 2.43 bits per heavy atom. The minimum atomic E-state index is -0.151. The van der Waals surface area contributed by atoms with Crippen molar-refractivity contribution in [1.82, 2.24) is 19.6 Å². The van der Waals surface area contributed by atoms with E-state index >= 15 is 0 Å². The minimum Gasteiger partial charge on any atom is -0.382 e. The van der Waals surface area contributed by atoms with Gasteiger partial charge in [0.05, 0.1) is 24.4 Å². The van der Waals surface area contributed by atoms with Crippen LogP contribution >= 0.6 is 11.3 Å². The molecular weight excluding hydrogens is 312 g/mol. The van der Waals surface area contributed by atoms with Crippen molar-refractivity contribution in [2.24, 2.45) is 0 Å². The first kappa shape index (κ1) is 16.3. The van der Waals surface area contributed by atoms with Crippen LogP contribution in [0.1, 0.15) is 38.3 Å². The molecule has 1 saturated heterocycles. The third-order valence-electron chi connectivity index (χ3n) is 4.53. The van der Waals surface area contributed by atoms with Gasteiger partial charge in [0.15, 0.2) is 4.96 Å². The van der Waals surface area contributed by atoms with Gasteiger partial charge in [-0.2, -0.15) is 0 Å². The number of imidazole rings is 1. The zero-order valence-corrected chi connectivity index (χ0v) is 14.6. The van der Waals surface area contributed by atoms with Crippen LogP contribution in [0.5, 0.6) is 0 Å². The molecule has 2 aromatic heterocycles. The molecule has 0 bridgehead atoms. The largest absolute Gasteiger partial charge is 0.382 e. The first-order valence-electron chi connectivity index (χ1n) is 8.14. The lowest BCUT2D eigenvalue weighted by Crippen LogP contribution is -2.53. The molecule has 1 aliphatic rings. The van der Waals surface area contributed by atoms with Crippen LogP contribution in [0.2, 0.25) is 0 Å². The molecule has 1 N–H and O–H groups in total. The molecule has 6 nitrogen and oxygen atoms in total. The van der Waals surface area contributed by atoms with E-state index in [4.69, 9.17) is 4.74 Å². The lowest BCUT2D eigenvalue weighted by Gasteiger charge is -2.38. The Balaban J connectivity index is 1.65. The van der Waals surface area contributed by atoms with Crippen LogP contribution in [0.15, 0.2) is 17.8 Å². The second kappa shape index (κ2) is 6.88. The molecule has 1 unspecified atom stereocenters. The summed E-state index contributed by atoms with van der Waals surface area (Å²) in [6.07, 6.45) is 8.02. The molecule has 0 aliphatic carbocycles. The van der Waals surface area contributed by atoms with Crippen LogP contribution in [0.4, 0.5) is 4.79 Å². The Hall–Kier alpha value is -1.60. The monoisotopic (exact) mass is 336 g/mol. The fourth-order valence-corrected chi connectivity index (χ4v) is 4.31. The molecule has 3 heterocycles. The van der Waals surface area contributed by atoms with Crippen molar-refractivity contribution < 1.29 is 9.53 Å². The number of aromatic nitrogens is 2. The van der Waals surface area contributed by atoms with Crippen LogP contribution in [-0.2, 0) is 11.3 Å². The summed E-state index contributed by atoms with van der Waals surface area (Å²) < 4.78 is 7.40. The van der Waals surface area contributed by atoms with Gasteiger partial charge in [0, 0.05) is 31.4 Å². The third kappa shape index (κ3) is 3.21. The Kier molecular flexibility index (Phi) is 4.87. The summed E-state index contributed by atoms with van der Waals surface area (Å²) in [4.78, 5) is 20.1. The fourth-order valence-electron chi connectivity index (χ4n) is 3.59. The van der Waals surface area contributed by atoms with E-state index in [1.54, 1.807) is 18.4 Å². The maximum absolute atomic E-state index is 12.7. The second-order valence-electron chi connectivity index (χ2n) is 6.15. The van der Waals surface area contributed by atoms with E-state index < -0.39 is 0 Å². The van der Waals surface area contributed by atoms with Crippen LogP contribution in [0.3, 0.4) is 0 Å². The van der Waals surface area contributed by atoms with Crippen LogP contribution in [-0.4, -0.2) is 46.1 Å². The number of fused-ring (bicyclic) bond motifs is 1. The Bertz CT molecular complexity index is 631. The van der Waals surface area contributed by atoms with E-state index in [0.29, 0.717) is 13.2 Å². The number of hydrogen-bond donors (Lipinski definition) is 1. The molecule has 7 heteroatoms. The van der Waals surface area contributed by atoms with Crippen molar-refractivity contribution in [2.45, 2.75) is 44.7 Å². The zero-order chi connectivity index (χ0) is 16.3. The Morgan fingerprint density at radius 3 is 3.17 bits per heavy atom. The number of carbonyl (C=O) groups excluding carboxylic acids is 1. The van der Waals surface area contributed by atoms with E-state index in [-0.39, 0.29) is 11.6 Å². The quantitative estimate of drug-likeness (QED) is 0.882. The molecule has 2 amide bonds. The summed E-state index contributed by atoms with van der Waals surface area (Å²) in [5, 5.41) is 5.02. The first-order chi connectivity index (χ1) is 11.2. The predicted octanol–water partition coefficient (Wildman–Crippen LogP) is 2.89. The van der Waals surface area contributed by atoms with E-state index in [2.05, 4.69) is 17.2 Å². The summed E-state index contributed by atoms with van der Waals surface area (Å²) >= 11 is 1.59. The van der Waals surface area contributed by atoms with Gasteiger partial charge in [-0.1, -0.05) is 13.3 Å². The summed E-state index contributed by atoms with van der Waals surface area (Å²) in [6.45, 7) is 4.02. The molecule has 1 fully saturated rings. The molecule has 0 spiro atoms. The maximum Gasteiger partial charge on any atom is 0.318 e. The molecule has 0 radical (unpaired) electrons. The maximum atomic E-state index is 12.7. The number of amides is 2. The summed E-state index contributed by atoms with van der Waals surface area (Å²) in [6, 6.07) is -0.00986. The summed E-state index contributed by atoms with van der Waals surface area (Å²) in [5.74, 6) is 0. The van der Waals surface area contributed by atoms with E-state index in [1.165, 1.54) is 0 Å². The van der Waals surface area contributed by atoms with Gasteiger partial charge < -0.3 is 15.0 Å². The number of nitrogens with one attached hydrogen (secondary N) is 1. The molecule has 126 valence electrons. The van der Waals surface area contributed by atoms with Gasteiger partial charge in [-0.15, -0.1) is 11.3 Å². The van der Waals surface area contributed by atoms with Gasteiger partial charge in [0.2, 0.25) is 0 Å². The lowest BCUT2D eigenvalue weighted by molar-refractivity contribution is 0.0500. The number of ether oxygens (including phenoxy) is 1. The molecule has 1 atom stereocenters. The highest BCUT2D eigenvalue weighted by atomic mass is 32.1. The number of methoxy groups -OCH3 is 1. The molecule has 0 saturated carbocycles. The fraction of sp³-hybridized carbons (Fsp3) is 0.625. The van der Waals surface area contributed by atoms with Crippen LogP contribution in [0.25, 0.3) is 4.96 Å². The van der Waals surface area contributed by atoms with Crippen molar-refractivity contribution in [2.75, 3.05) is 20.3 Å². The van der Waals surface area contributed by atoms with Gasteiger partial charge in [0.1, 0.15) is 0 Å². The summed E-state index contributed by atoms with van der Waals surface area (Å²) in [5.41, 5.74) is 0.736. The number of urea groups is 1. The van der Waals surface area contributed by atoms with Gasteiger partial charge in [0.25, 0.3) is 0 Å². The topological polar surface area (TPSA) is 58.9 Å². The van der Waals surface area contributed by atoms with E-state index in [0.717, 1.165) is 42.9 Å². The van der Waals surface area contributed by atoms with Crippen LogP contribution < -0.4 is 5.32 Å². The SMILES string of the molecule is CCCC1(COC)CCCN1C(=O)NCc1cn2ccsc2n1. The molecule has 3 rings (SSSR count). The van der Waals surface area contributed by atoms with Gasteiger partial charge >= 0.3 is 6.03 Å². The number of carbonyl (C=O) groups is 1. The third-order valence-corrected chi connectivity index (χ3v) is 5.30. The Labute approximate surface area is 140 Å². The van der Waals surface area contributed by atoms with Crippen molar-refractivity contribution in [3.8, 4) is 0 Å². The van der Waals surface area contributed by atoms with Gasteiger partial charge in [-0.25, -0.2) is 9.78 Å². The normalized spacial score (nSPS) is 21.2. The average Bonchev–Trinajstić information content (AvgIpc) is 3.20. The summed E-state index contributed by atoms with van der Waals surface area (Å²) in [7, 11) is 1.71. The smallest absolute Gasteiger partial charge is 0.318 e. The zero-order valence-electron chi connectivity index (χ0n) is 13.7.